The molecule has 0 bridgehead atoms. The molecule has 6 heteroatoms. The highest BCUT2D eigenvalue weighted by Gasteiger charge is 2.29. The van der Waals surface area contributed by atoms with Gasteiger partial charge in [-0.2, -0.15) is 0 Å². The van der Waals surface area contributed by atoms with Crippen LogP contribution in [0, 0.1) is 5.92 Å². The lowest BCUT2D eigenvalue weighted by atomic mass is 10.1. The molecule has 0 aromatic heterocycles. The van der Waals surface area contributed by atoms with Gasteiger partial charge in [-0.15, -0.1) is 0 Å². The zero-order valence-electron chi connectivity index (χ0n) is 10.1. The van der Waals surface area contributed by atoms with E-state index in [-0.39, 0.29) is 11.8 Å². The van der Waals surface area contributed by atoms with Crippen molar-refractivity contribution >= 4 is 11.6 Å². The number of methoxy groups -OCH3 is 1. The highest BCUT2D eigenvalue weighted by molar-refractivity contribution is 5.95. The average molecular weight is 246 g/mol. The number of hydrogen-bond acceptors (Lipinski definition) is 3. The molecule has 6 nitrogen and oxygen atoms in total. The van der Waals surface area contributed by atoms with Gasteiger partial charge in [0.15, 0.2) is 0 Å². The third-order valence-corrected chi connectivity index (χ3v) is 2.99. The van der Waals surface area contributed by atoms with E-state index in [4.69, 9.17) is 10.3 Å². The number of hydrogen-bond donors (Lipinski definition) is 0. The minimum Gasteiger partial charge on any atom is -0.497 e. The van der Waals surface area contributed by atoms with Crippen LogP contribution in [0.5, 0.6) is 5.75 Å². The van der Waals surface area contributed by atoms with Crippen molar-refractivity contribution < 1.29 is 9.53 Å². The fraction of sp³-hybridized carbons (Fsp3) is 0.417. The van der Waals surface area contributed by atoms with Crippen molar-refractivity contribution in [3.05, 3.63) is 34.7 Å². The number of rotatable bonds is 4. The Balaban J connectivity index is 2.08. The molecule has 0 spiro atoms. The van der Waals surface area contributed by atoms with Crippen molar-refractivity contribution in [3.63, 3.8) is 0 Å². The van der Waals surface area contributed by atoms with Crippen LogP contribution in [0.25, 0.3) is 10.4 Å². The van der Waals surface area contributed by atoms with Gasteiger partial charge in [0.1, 0.15) is 5.75 Å². The van der Waals surface area contributed by atoms with Gasteiger partial charge in [-0.25, -0.2) is 0 Å². The lowest BCUT2D eigenvalue weighted by Gasteiger charge is -2.16. The number of carbonyl (C=O) groups is 1. The summed E-state index contributed by atoms with van der Waals surface area (Å²) in [5.74, 6) is 0.935. The first-order valence-corrected chi connectivity index (χ1v) is 5.70. The van der Waals surface area contributed by atoms with E-state index in [2.05, 4.69) is 10.0 Å². The zero-order chi connectivity index (χ0) is 13.0. The molecule has 94 valence electrons. The second kappa shape index (κ2) is 5.42. The Morgan fingerprint density at radius 3 is 2.83 bits per heavy atom. The lowest BCUT2D eigenvalue weighted by Crippen LogP contribution is -2.24. The molecule has 1 fully saturated rings. The van der Waals surface area contributed by atoms with Gasteiger partial charge in [-0.05, 0) is 35.7 Å². The standard InChI is InChI=1S/C12H14N4O2/c1-18-11-4-2-10(3-5-11)16-8-9(6-12(16)17)7-14-15-13/h2-5,9H,6-8H2,1H3. The Morgan fingerprint density at radius 1 is 1.50 bits per heavy atom. The van der Waals surface area contributed by atoms with E-state index in [0.29, 0.717) is 19.5 Å². The van der Waals surface area contributed by atoms with Crippen LogP contribution in [-0.2, 0) is 4.79 Å². The highest BCUT2D eigenvalue weighted by atomic mass is 16.5. The minimum atomic E-state index is 0.0679. The minimum absolute atomic E-state index is 0.0679. The van der Waals surface area contributed by atoms with Crippen LogP contribution in [0.4, 0.5) is 5.69 Å². The fourth-order valence-electron chi connectivity index (χ4n) is 2.07. The number of benzene rings is 1. The van der Waals surface area contributed by atoms with E-state index in [9.17, 15) is 4.79 Å². The molecule has 0 saturated carbocycles. The van der Waals surface area contributed by atoms with Gasteiger partial charge in [0, 0.05) is 30.1 Å². The summed E-state index contributed by atoms with van der Waals surface area (Å²) in [4.78, 5) is 16.3. The molecule has 0 radical (unpaired) electrons. The summed E-state index contributed by atoms with van der Waals surface area (Å²) < 4.78 is 5.07. The van der Waals surface area contributed by atoms with Gasteiger partial charge in [-0.3, -0.25) is 4.79 Å². The summed E-state index contributed by atoms with van der Waals surface area (Å²) in [6, 6.07) is 7.35. The smallest absolute Gasteiger partial charge is 0.227 e. The second-order valence-electron chi connectivity index (χ2n) is 4.19. The molecule has 0 N–H and O–H groups in total. The van der Waals surface area contributed by atoms with E-state index < -0.39 is 0 Å². The second-order valence-corrected chi connectivity index (χ2v) is 4.19. The van der Waals surface area contributed by atoms with Crippen LogP contribution in [-0.4, -0.2) is 26.1 Å². The molecule has 18 heavy (non-hydrogen) atoms. The van der Waals surface area contributed by atoms with Crippen LogP contribution in [0.15, 0.2) is 29.4 Å². The lowest BCUT2D eigenvalue weighted by molar-refractivity contribution is -0.117. The molecular weight excluding hydrogens is 232 g/mol. The topological polar surface area (TPSA) is 78.3 Å². The largest absolute Gasteiger partial charge is 0.497 e. The molecule has 1 unspecified atom stereocenters. The van der Waals surface area contributed by atoms with Crippen molar-refractivity contribution in [3.8, 4) is 5.75 Å². The normalized spacial score (nSPS) is 18.6. The van der Waals surface area contributed by atoms with Crippen molar-refractivity contribution in [2.45, 2.75) is 6.42 Å². The average Bonchev–Trinajstić information content (AvgIpc) is 2.78. The van der Waals surface area contributed by atoms with E-state index in [1.165, 1.54) is 0 Å². The molecular formula is C12H14N4O2. The number of amides is 1. The predicted molar refractivity (Wildman–Crippen MR) is 67.5 cm³/mol. The van der Waals surface area contributed by atoms with Crippen LogP contribution in [0.2, 0.25) is 0 Å². The van der Waals surface area contributed by atoms with E-state index in [1.807, 2.05) is 24.3 Å². The van der Waals surface area contributed by atoms with E-state index in [1.54, 1.807) is 12.0 Å². The number of anilines is 1. The molecule has 1 atom stereocenters. The molecule has 1 amide bonds. The highest BCUT2D eigenvalue weighted by Crippen LogP contribution is 2.26. The van der Waals surface area contributed by atoms with Crippen molar-refractivity contribution in [1.29, 1.82) is 0 Å². The molecule has 2 rings (SSSR count). The maximum atomic E-state index is 11.9. The monoisotopic (exact) mass is 246 g/mol. The molecule has 1 aliphatic heterocycles. The van der Waals surface area contributed by atoms with Crippen molar-refractivity contribution in [2.24, 2.45) is 11.0 Å². The number of azide groups is 1. The van der Waals surface area contributed by atoms with Crippen molar-refractivity contribution in [1.82, 2.24) is 0 Å². The molecule has 1 aromatic carbocycles. The molecule has 1 aromatic rings. The maximum Gasteiger partial charge on any atom is 0.227 e. The maximum absolute atomic E-state index is 11.9. The van der Waals surface area contributed by atoms with Crippen LogP contribution in [0.3, 0.4) is 0 Å². The van der Waals surface area contributed by atoms with E-state index in [0.717, 1.165) is 11.4 Å². The number of ether oxygens (including phenoxy) is 1. The molecule has 1 aliphatic rings. The SMILES string of the molecule is COc1ccc(N2CC(CN=[N+]=[N-])CC2=O)cc1. The Labute approximate surface area is 105 Å². The van der Waals surface area contributed by atoms with Gasteiger partial charge in [-0.1, -0.05) is 5.11 Å². The third-order valence-electron chi connectivity index (χ3n) is 2.99. The van der Waals surface area contributed by atoms with Crippen LogP contribution >= 0.6 is 0 Å². The van der Waals surface area contributed by atoms with Gasteiger partial charge >= 0.3 is 0 Å². The Hall–Kier alpha value is -2.20. The van der Waals surface area contributed by atoms with Crippen molar-refractivity contribution in [2.75, 3.05) is 25.1 Å². The molecule has 1 saturated heterocycles. The Kier molecular flexibility index (Phi) is 3.69. The summed E-state index contributed by atoms with van der Waals surface area (Å²) in [5.41, 5.74) is 9.13. The predicted octanol–water partition coefficient (Wildman–Crippen LogP) is 2.36. The van der Waals surface area contributed by atoms with Crippen LogP contribution < -0.4 is 9.64 Å². The first-order chi connectivity index (χ1) is 8.74. The third kappa shape index (κ3) is 2.55. The number of carbonyl (C=O) groups excluding carboxylic acids is 1. The van der Waals surface area contributed by atoms with Crippen LogP contribution in [0.1, 0.15) is 6.42 Å². The fourth-order valence-corrected chi connectivity index (χ4v) is 2.07. The summed E-state index contributed by atoms with van der Waals surface area (Å²) in [6.45, 7) is 0.971. The number of nitrogens with zero attached hydrogens (tertiary/aromatic N) is 4. The summed E-state index contributed by atoms with van der Waals surface area (Å²) >= 11 is 0. The molecule has 1 heterocycles. The Morgan fingerprint density at radius 2 is 2.22 bits per heavy atom. The summed E-state index contributed by atoms with van der Waals surface area (Å²) in [6.07, 6.45) is 0.436. The Bertz CT molecular complexity index is 479. The zero-order valence-corrected chi connectivity index (χ0v) is 10.1. The van der Waals surface area contributed by atoms with Gasteiger partial charge in [0.2, 0.25) is 5.91 Å². The summed E-state index contributed by atoms with van der Waals surface area (Å²) in [7, 11) is 1.60. The molecule has 0 aliphatic carbocycles. The quantitative estimate of drug-likeness (QED) is 0.464. The van der Waals surface area contributed by atoms with Gasteiger partial charge in [0.25, 0.3) is 0 Å². The first kappa shape index (κ1) is 12.3. The summed E-state index contributed by atoms with van der Waals surface area (Å²) in [5, 5.41) is 3.53. The van der Waals surface area contributed by atoms with E-state index >= 15 is 0 Å². The van der Waals surface area contributed by atoms with Gasteiger partial charge in [0.05, 0.1) is 7.11 Å². The van der Waals surface area contributed by atoms with Gasteiger partial charge < -0.3 is 9.64 Å². The first-order valence-electron chi connectivity index (χ1n) is 5.70.